The summed E-state index contributed by atoms with van der Waals surface area (Å²) in [5, 5.41) is 5.15. The molecule has 0 unspecified atom stereocenters. The van der Waals surface area contributed by atoms with Gasteiger partial charge in [0.15, 0.2) is 0 Å². The van der Waals surface area contributed by atoms with Crippen molar-refractivity contribution in [3.05, 3.63) is 47.4 Å². The van der Waals surface area contributed by atoms with Gasteiger partial charge in [0.05, 0.1) is 24.4 Å². The van der Waals surface area contributed by atoms with Crippen LogP contribution < -0.4 is 15.5 Å². The lowest BCUT2D eigenvalue weighted by molar-refractivity contribution is -0.136. The van der Waals surface area contributed by atoms with Crippen molar-refractivity contribution >= 4 is 29.1 Å². The minimum atomic E-state index is -0.742. The Balaban J connectivity index is 1.50. The molecule has 0 aliphatic carbocycles. The normalized spacial score (nSPS) is 17.8. The molecule has 2 N–H and O–H groups in total. The molecule has 0 saturated heterocycles. The molecule has 134 valence electrons. The molecule has 0 spiro atoms. The zero-order valence-corrected chi connectivity index (χ0v) is 14.4. The van der Waals surface area contributed by atoms with E-state index in [1.165, 1.54) is 6.26 Å². The van der Waals surface area contributed by atoms with Crippen molar-refractivity contribution in [2.45, 2.75) is 32.2 Å². The highest BCUT2D eigenvalue weighted by Gasteiger charge is 2.38. The highest BCUT2D eigenvalue weighted by Crippen LogP contribution is 2.44. The average molecular weight is 353 g/mol. The maximum atomic E-state index is 12.4. The SMILES string of the molecule is C[C@@H]1C(=O)N2CCCc3cc(NC(=O)C(=O)NCc4ccco4)cc1c32. The minimum absolute atomic E-state index is 0.0978. The van der Waals surface area contributed by atoms with Crippen LogP contribution in [0.2, 0.25) is 0 Å². The number of nitrogens with one attached hydrogen (secondary N) is 2. The first kappa shape index (κ1) is 16.4. The van der Waals surface area contributed by atoms with E-state index < -0.39 is 11.8 Å². The Morgan fingerprint density at radius 2 is 2.15 bits per heavy atom. The molecule has 2 aliphatic heterocycles. The van der Waals surface area contributed by atoms with Crippen LogP contribution in [0.3, 0.4) is 0 Å². The first-order chi connectivity index (χ1) is 12.5. The van der Waals surface area contributed by atoms with E-state index in [4.69, 9.17) is 4.42 Å². The summed E-state index contributed by atoms with van der Waals surface area (Å²) in [6.45, 7) is 2.76. The molecule has 2 aromatic rings. The smallest absolute Gasteiger partial charge is 0.313 e. The molecule has 0 radical (unpaired) electrons. The van der Waals surface area contributed by atoms with Crippen LogP contribution in [0.15, 0.2) is 34.9 Å². The van der Waals surface area contributed by atoms with Gasteiger partial charge in [0.25, 0.3) is 0 Å². The predicted octanol–water partition coefficient (Wildman–Crippen LogP) is 1.93. The maximum Gasteiger partial charge on any atom is 0.313 e. The molecule has 0 fully saturated rings. The summed E-state index contributed by atoms with van der Waals surface area (Å²) in [5.41, 5.74) is 3.48. The van der Waals surface area contributed by atoms with Crippen molar-refractivity contribution in [3.8, 4) is 0 Å². The molecule has 1 aromatic carbocycles. The molecule has 3 heterocycles. The van der Waals surface area contributed by atoms with E-state index >= 15 is 0 Å². The molecule has 3 amide bonds. The van der Waals surface area contributed by atoms with Crippen LogP contribution in [-0.2, 0) is 27.3 Å². The molecule has 1 atom stereocenters. The van der Waals surface area contributed by atoms with Gasteiger partial charge in [-0.3, -0.25) is 14.4 Å². The molecule has 1 aromatic heterocycles. The molecular formula is C19H19N3O4. The summed E-state index contributed by atoms with van der Waals surface area (Å²) >= 11 is 0. The highest BCUT2D eigenvalue weighted by molar-refractivity contribution is 6.39. The summed E-state index contributed by atoms with van der Waals surface area (Å²) in [5.74, 6) is -1.04. The van der Waals surface area contributed by atoms with E-state index in [1.807, 2.05) is 17.9 Å². The van der Waals surface area contributed by atoms with Gasteiger partial charge in [0.1, 0.15) is 5.76 Å². The third-order valence-corrected chi connectivity index (χ3v) is 4.89. The van der Waals surface area contributed by atoms with Crippen molar-refractivity contribution in [2.75, 3.05) is 16.8 Å². The number of hydrogen-bond acceptors (Lipinski definition) is 4. The Morgan fingerprint density at radius 1 is 1.31 bits per heavy atom. The number of furan rings is 1. The zero-order chi connectivity index (χ0) is 18.3. The van der Waals surface area contributed by atoms with E-state index in [1.54, 1.807) is 18.2 Å². The fraction of sp³-hybridized carbons (Fsp3) is 0.316. The highest BCUT2D eigenvalue weighted by atomic mass is 16.3. The second-order valence-electron chi connectivity index (χ2n) is 6.60. The number of rotatable bonds is 3. The molecule has 0 saturated carbocycles. The van der Waals surface area contributed by atoms with E-state index in [0.717, 1.165) is 36.2 Å². The minimum Gasteiger partial charge on any atom is -0.467 e. The number of amides is 3. The summed E-state index contributed by atoms with van der Waals surface area (Å²) in [7, 11) is 0. The third-order valence-electron chi connectivity index (χ3n) is 4.89. The summed E-state index contributed by atoms with van der Waals surface area (Å²) in [6.07, 6.45) is 3.25. The number of nitrogens with zero attached hydrogens (tertiary/aromatic N) is 1. The van der Waals surface area contributed by atoms with Gasteiger partial charge in [0.2, 0.25) is 5.91 Å². The summed E-state index contributed by atoms with van der Waals surface area (Å²) in [4.78, 5) is 38.4. The van der Waals surface area contributed by atoms with Gasteiger partial charge >= 0.3 is 11.8 Å². The van der Waals surface area contributed by atoms with E-state index in [-0.39, 0.29) is 18.4 Å². The van der Waals surface area contributed by atoms with Crippen molar-refractivity contribution in [3.63, 3.8) is 0 Å². The summed E-state index contributed by atoms with van der Waals surface area (Å²) < 4.78 is 5.12. The number of carbonyl (C=O) groups is 3. The first-order valence-electron chi connectivity index (χ1n) is 8.64. The zero-order valence-electron chi connectivity index (χ0n) is 14.4. The Kier molecular flexibility index (Phi) is 3.99. The van der Waals surface area contributed by atoms with Gasteiger partial charge in [-0.05, 0) is 55.2 Å². The van der Waals surface area contributed by atoms with E-state index in [0.29, 0.717) is 11.4 Å². The molecule has 0 bridgehead atoms. The topological polar surface area (TPSA) is 91.7 Å². The number of aryl methyl sites for hydroxylation is 1. The van der Waals surface area contributed by atoms with E-state index in [2.05, 4.69) is 10.6 Å². The monoisotopic (exact) mass is 353 g/mol. The van der Waals surface area contributed by atoms with Crippen molar-refractivity contribution < 1.29 is 18.8 Å². The lowest BCUT2D eigenvalue weighted by Crippen LogP contribution is -2.35. The van der Waals surface area contributed by atoms with Crippen molar-refractivity contribution in [1.82, 2.24) is 5.32 Å². The van der Waals surface area contributed by atoms with Gasteiger partial charge in [-0.2, -0.15) is 0 Å². The first-order valence-corrected chi connectivity index (χ1v) is 8.64. The summed E-state index contributed by atoms with van der Waals surface area (Å²) in [6, 6.07) is 7.08. The van der Waals surface area contributed by atoms with Gasteiger partial charge in [-0.1, -0.05) is 0 Å². The number of carbonyl (C=O) groups excluding carboxylic acids is 3. The van der Waals surface area contributed by atoms with Crippen LogP contribution in [0.5, 0.6) is 0 Å². The Bertz CT molecular complexity index is 888. The Morgan fingerprint density at radius 3 is 2.92 bits per heavy atom. The second-order valence-corrected chi connectivity index (χ2v) is 6.60. The van der Waals surface area contributed by atoms with Crippen LogP contribution in [-0.4, -0.2) is 24.3 Å². The quantitative estimate of drug-likeness (QED) is 0.825. The second kappa shape index (κ2) is 6.33. The average Bonchev–Trinajstić information content (AvgIpc) is 3.24. The molecule has 7 heteroatoms. The Labute approximate surface area is 150 Å². The molecular weight excluding hydrogens is 334 g/mol. The van der Waals surface area contributed by atoms with Gasteiger partial charge in [-0.15, -0.1) is 0 Å². The predicted molar refractivity (Wildman–Crippen MR) is 94.7 cm³/mol. The van der Waals surface area contributed by atoms with Crippen LogP contribution >= 0.6 is 0 Å². The van der Waals surface area contributed by atoms with Crippen molar-refractivity contribution in [2.24, 2.45) is 0 Å². The number of hydrogen-bond donors (Lipinski definition) is 2. The maximum absolute atomic E-state index is 12.4. The standard InChI is InChI=1S/C19H19N3O4/c1-11-15-9-13(8-12-4-2-6-22(16(12)15)19(11)25)21-18(24)17(23)20-10-14-5-3-7-26-14/h3,5,7-9,11H,2,4,6,10H2,1H3,(H,20,23)(H,21,24)/t11-/m0/s1. The molecule has 26 heavy (non-hydrogen) atoms. The number of anilines is 2. The fourth-order valence-corrected chi connectivity index (χ4v) is 3.62. The van der Waals surface area contributed by atoms with Gasteiger partial charge < -0.3 is 20.0 Å². The van der Waals surface area contributed by atoms with Gasteiger partial charge in [0, 0.05) is 12.2 Å². The molecule has 4 rings (SSSR count). The molecule has 7 nitrogen and oxygen atoms in total. The third kappa shape index (κ3) is 2.75. The Hall–Kier alpha value is -3.09. The van der Waals surface area contributed by atoms with Crippen LogP contribution in [0, 0.1) is 0 Å². The fourth-order valence-electron chi connectivity index (χ4n) is 3.62. The van der Waals surface area contributed by atoms with Gasteiger partial charge in [-0.25, -0.2) is 0 Å². The lowest BCUT2D eigenvalue weighted by atomic mass is 9.96. The van der Waals surface area contributed by atoms with Crippen LogP contribution in [0.4, 0.5) is 11.4 Å². The number of benzene rings is 1. The van der Waals surface area contributed by atoms with Crippen LogP contribution in [0.1, 0.15) is 36.1 Å². The molecule has 2 aliphatic rings. The van der Waals surface area contributed by atoms with Crippen molar-refractivity contribution in [1.29, 1.82) is 0 Å². The largest absolute Gasteiger partial charge is 0.467 e. The van der Waals surface area contributed by atoms with Crippen LogP contribution in [0.25, 0.3) is 0 Å². The van der Waals surface area contributed by atoms with E-state index in [9.17, 15) is 14.4 Å². The lowest BCUT2D eigenvalue weighted by Gasteiger charge is -2.26.